The normalized spacial score (nSPS) is 19.4. The highest BCUT2D eigenvalue weighted by Crippen LogP contribution is 2.16. The third-order valence-electron chi connectivity index (χ3n) is 2.96. The second kappa shape index (κ2) is 5.73. The summed E-state index contributed by atoms with van der Waals surface area (Å²) in [7, 11) is 0. The fourth-order valence-electron chi connectivity index (χ4n) is 2.07. The van der Waals surface area contributed by atoms with E-state index in [1.165, 1.54) is 23.3 Å². The zero-order chi connectivity index (χ0) is 14.7. The number of hydrogen-bond donors (Lipinski definition) is 1. The first kappa shape index (κ1) is 14.0. The molecule has 0 bridgehead atoms. The van der Waals surface area contributed by atoms with Gasteiger partial charge in [-0.3, -0.25) is 19.3 Å². The molecule has 0 radical (unpaired) electrons. The Morgan fingerprint density at radius 3 is 2.80 bits per heavy atom. The van der Waals surface area contributed by atoms with Crippen molar-refractivity contribution in [3.8, 4) is 0 Å². The molecular formula is C14H16N2O4. The Morgan fingerprint density at radius 1 is 1.50 bits per heavy atom. The molecule has 0 aromatic carbocycles. The Labute approximate surface area is 116 Å². The highest BCUT2D eigenvalue weighted by Gasteiger charge is 2.40. The molecule has 1 N–H and O–H groups in total. The van der Waals surface area contributed by atoms with Gasteiger partial charge in [0.1, 0.15) is 11.8 Å². The standard InChI is InChI=1S/C14H16N2O4/c1-9(2)16-13(18)8-11(14(16)19)15-12(17)6-5-10-4-3-7-20-10/h3-7,9,11H,8H2,1-2H3,(H,15,17)/b6-5+. The van der Waals surface area contributed by atoms with Crippen LogP contribution in [0.15, 0.2) is 28.9 Å². The van der Waals surface area contributed by atoms with Gasteiger partial charge in [-0.1, -0.05) is 0 Å². The van der Waals surface area contributed by atoms with Gasteiger partial charge >= 0.3 is 0 Å². The monoisotopic (exact) mass is 276 g/mol. The first-order chi connectivity index (χ1) is 9.49. The molecule has 1 aromatic rings. The number of carbonyl (C=O) groups excluding carboxylic acids is 3. The van der Waals surface area contributed by atoms with Gasteiger partial charge in [0.2, 0.25) is 11.8 Å². The molecule has 106 valence electrons. The van der Waals surface area contributed by atoms with Gasteiger partial charge in [-0.15, -0.1) is 0 Å². The highest BCUT2D eigenvalue weighted by molar-refractivity contribution is 6.08. The summed E-state index contributed by atoms with van der Waals surface area (Å²) in [6.07, 6.45) is 4.28. The quantitative estimate of drug-likeness (QED) is 0.655. The van der Waals surface area contributed by atoms with Crippen molar-refractivity contribution in [2.45, 2.75) is 32.4 Å². The van der Waals surface area contributed by atoms with Crippen LogP contribution < -0.4 is 5.32 Å². The molecule has 0 spiro atoms. The molecule has 0 saturated carbocycles. The first-order valence-corrected chi connectivity index (χ1v) is 6.37. The van der Waals surface area contributed by atoms with Crippen LogP contribution in [0.2, 0.25) is 0 Å². The number of nitrogens with one attached hydrogen (secondary N) is 1. The number of rotatable bonds is 4. The van der Waals surface area contributed by atoms with Crippen molar-refractivity contribution in [1.82, 2.24) is 10.2 Å². The van der Waals surface area contributed by atoms with Crippen LogP contribution in [0.25, 0.3) is 6.08 Å². The lowest BCUT2D eigenvalue weighted by Gasteiger charge is -2.18. The van der Waals surface area contributed by atoms with E-state index in [9.17, 15) is 14.4 Å². The Hall–Kier alpha value is -2.37. The van der Waals surface area contributed by atoms with Crippen molar-refractivity contribution in [2.75, 3.05) is 0 Å². The fourth-order valence-corrected chi connectivity index (χ4v) is 2.07. The summed E-state index contributed by atoms with van der Waals surface area (Å²) >= 11 is 0. The molecular weight excluding hydrogens is 260 g/mol. The molecule has 0 aliphatic carbocycles. The number of furan rings is 1. The first-order valence-electron chi connectivity index (χ1n) is 6.37. The van der Waals surface area contributed by atoms with Crippen molar-refractivity contribution in [3.05, 3.63) is 30.2 Å². The van der Waals surface area contributed by atoms with Crippen LogP contribution in [0.3, 0.4) is 0 Å². The van der Waals surface area contributed by atoms with Crippen LogP contribution in [0, 0.1) is 0 Å². The van der Waals surface area contributed by atoms with Crippen LogP contribution >= 0.6 is 0 Å². The van der Waals surface area contributed by atoms with Crippen molar-refractivity contribution in [3.63, 3.8) is 0 Å². The molecule has 6 heteroatoms. The van der Waals surface area contributed by atoms with Gasteiger partial charge in [0.25, 0.3) is 5.91 Å². The minimum Gasteiger partial charge on any atom is -0.465 e. The molecule has 3 amide bonds. The lowest BCUT2D eigenvalue weighted by molar-refractivity contribution is -0.141. The molecule has 6 nitrogen and oxygen atoms in total. The minimum atomic E-state index is -0.779. The molecule has 1 aliphatic heterocycles. The summed E-state index contributed by atoms with van der Waals surface area (Å²) in [5.41, 5.74) is 0. The average Bonchev–Trinajstić information content (AvgIpc) is 2.96. The van der Waals surface area contributed by atoms with Gasteiger partial charge in [0.05, 0.1) is 12.7 Å². The van der Waals surface area contributed by atoms with Crippen LogP contribution in [0.4, 0.5) is 0 Å². The maximum atomic E-state index is 12.0. The second-order valence-electron chi connectivity index (χ2n) is 4.81. The predicted molar refractivity (Wildman–Crippen MR) is 71.3 cm³/mol. The Bertz CT molecular complexity index is 546. The maximum absolute atomic E-state index is 12.0. The van der Waals surface area contributed by atoms with E-state index in [0.29, 0.717) is 5.76 Å². The van der Waals surface area contributed by atoms with E-state index in [0.717, 1.165) is 0 Å². The topological polar surface area (TPSA) is 79.6 Å². The second-order valence-corrected chi connectivity index (χ2v) is 4.81. The van der Waals surface area contributed by atoms with E-state index in [-0.39, 0.29) is 24.3 Å². The number of imide groups is 1. The zero-order valence-corrected chi connectivity index (χ0v) is 11.3. The number of nitrogens with zero attached hydrogens (tertiary/aromatic N) is 1. The molecule has 1 atom stereocenters. The molecule has 1 fully saturated rings. The Balaban J connectivity index is 1.95. The van der Waals surface area contributed by atoms with E-state index in [1.807, 2.05) is 0 Å². The summed E-state index contributed by atoms with van der Waals surface area (Å²) in [5.74, 6) is -0.508. The summed E-state index contributed by atoms with van der Waals surface area (Å²) in [5, 5.41) is 2.53. The summed E-state index contributed by atoms with van der Waals surface area (Å²) in [6.45, 7) is 3.52. The molecule has 1 unspecified atom stereocenters. The van der Waals surface area contributed by atoms with E-state index in [1.54, 1.807) is 26.0 Å². The number of carbonyl (C=O) groups is 3. The van der Waals surface area contributed by atoms with Gasteiger partial charge in [-0.05, 0) is 32.1 Å². The number of amides is 3. The lowest BCUT2D eigenvalue weighted by atomic mass is 10.2. The third kappa shape index (κ3) is 2.96. The fraction of sp³-hybridized carbons (Fsp3) is 0.357. The average molecular weight is 276 g/mol. The smallest absolute Gasteiger partial charge is 0.252 e. The van der Waals surface area contributed by atoms with Crippen molar-refractivity contribution in [2.24, 2.45) is 0 Å². The van der Waals surface area contributed by atoms with Gasteiger partial charge in [-0.25, -0.2) is 0 Å². The van der Waals surface area contributed by atoms with Gasteiger partial charge in [0, 0.05) is 12.1 Å². The molecule has 1 aliphatic rings. The third-order valence-corrected chi connectivity index (χ3v) is 2.96. The minimum absolute atomic E-state index is 0.0113. The maximum Gasteiger partial charge on any atom is 0.252 e. The van der Waals surface area contributed by atoms with E-state index in [2.05, 4.69) is 5.32 Å². The Morgan fingerprint density at radius 2 is 2.25 bits per heavy atom. The van der Waals surface area contributed by atoms with Crippen LogP contribution in [-0.4, -0.2) is 34.7 Å². The van der Waals surface area contributed by atoms with E-state index >= 15 is 0 Å². The van der Waals surface area contributed by atoms with E-state index < -0.39 is 11.9 Å². The zero-order valence-electron chi connectivity index (χ0n) is 11.3. The number of likely N-dealkylation sites (tertiary alicyclic amines) is 1. The summed E-state index contributed by atoms with van der Waals surface area (Å²) in [4.78, 5) is 36.5. The van der Waals surface area contributed by atoms with Crippen molar-refractivity contribution in [1.29, 1.82) is 0 Å². The predicted octanol–water partition coefficient (Wildman–Crippen LogP) is 0.945. The van der Waals surface area contributed by atoms with Gasteiger partial charge < -0.3 is 9.73 Å². The highest BCUT2D eigenvalue weighted by atomic mass is 16.3. The summed E-state index contributed by atoms with van der Waals surface area (Å²) in [6, 6.07) is 2.43. The van der Waals surface area contributed by atoms with Crippen LogP contribution in [0.1, 0.15) is 26.0 Å². The number of hydrogen-bond acceptors (Lipinski definition) is 4. The van der Waals surface area contributed by atoms with Gasteiger partial charge in [-0.2, -0.15) is 0 Å². The van der Waals surface area contributed by atoms with Crippen LogP contribution in [0.5, 0.6) is 0 Å². The molecule has 20 heavy (non-hydrogen) atoms. The summed E-state index contributed by atoms with van der Waals surface area (Å²) < 4.78 is 5.04. The van der Waals surface area contributed by atoms with Crippen molar-refractivity contribution < 1.29 is 18.8 Å². The largest absolute Gasteiger partial charge is 0.465 e. The molecule has 1 aromatic heterocycles. The molecule has 2 heterocycles. The van der Waals surface area contributed by atoms with Crippen molar-refractivity contribution >= 4 is 23.8 Å². The molecule has 2 rings (SSSR count). The molecule has 1 saturated heterocycles. The Kier molecular flexibility index (Phi) is 4.02. The van der Waals surface area contributed by atoms with E-state index in [4.69, 9.17) is 4.42 Å². The lowest BCUT2D eigenvalue weighted by Crippen LogP contribution is -2.43. The van der Waals surface area contributed by atoms with Crippen LogP contribution in [-0.2, 0) is 14.4 Å². The SMILES string of the molecule is CC(C)N1C(=O)CC(NC(=O)/C=C/c2ccco2)C1=O. The van der Waals surface area contributed by atoms with Gasteiger partial charge in [0.15, 0.2) is 0 Å².